The minimum Gasteiger partial charge on any atom is -0.432 e. The summed E-state index contributed by atoms with van der Waals surface area (Å²) in [7, 11) is 0. The van der Waals surface area contributed by atoms with Gasteiger partial charge in [-0.3, -0.25) is 9.59 Å². The van der Waals surface area contributed by atoms with E-state index in [1.165, 1.54) is 6.92 Å². The van der Waals surface area contributed by atoms with Gasteiger partial charge in [-0.1, -0.05) is 142 Å². The topological polar surface area (TPSA) is 171 Å². The molecule has 2 aliphatic carbocycles. The molecule has 0 aromatic rings. The second-order valence-electron chi connectivity index (χ2n) is 16.7. The van der Waals surface area contributed by atoms with Crippen LogP contribution in [0.3, 0.4) is 0 Å². The van der Waals surface area contributed by atoms with Crippen molar-refractivity contribution in [3.05, 3.63) is 130 Å². The number of aliphatic hydroxyl groups excluding tert-OH is 5. The maximum Gasteiger partial charge on any atom is 0.509 e. The first kappa shape index (κ1) is 49.7. The first-order valence-electron chi connectivity index (χ1n) is 19.8. The van der Waals surface area contributed by atoms with Crippen molar-refractivity contribution in [2.24, 2.45) is 16.7 Å². The van der Waals surface area contributed by atoms with Crippen molar-refractivity contribution in [1.29, 1.82) is 0 Å². The Morgan fingerprint density at radius 1 is 0.707 bits per heavy atom. The number of ether oxygens (including phenoxy) is 2. The zero-order chi connectivity index (χ0) is 44.0. The molecule has 6 atom stereocenters. The maximum atomic E-state index is 13.2. The lowest BCUT2D eigenvalue weighted by molar-refractivity contribution is -0.128. The first-order chi connectivity index (χ1) is 27.0. The van der Waals surface area contributed by atoms with Crippen LogP contribution in [0, 0.1) is 16.7 Å². The largest absolute Gasteiger partial charge is 0.509 e. The van der Waals surface area contributed by atoms with Gasteiger partial charge in [0.15, 0.2) is 17.7 Å². The molecule has 0 aromatic heterocycles. The van der Waals surface area contributed by atoms with Crippen molar-refractivity contribution >= 4 is 17.7 Å². The van der Waals surface area contributed by atoms with Crippen molar-refractivity contribution in [2.45, 2.75) is 120 Å². The van der Waals surface area contributed by atoms with Gasteiger partial charge in [-0.25, -0.2) is 4.79 Å². The highest BCUT2D eigenvalue weighted by atomic mass is 16.7. The summed E-state index contributed by atoms with van der Waals surface area (Å²) in [6.45, 7) is 19.7. The van der Waals surface area contributed by atoms with E-state index in [1.807, 2.05) is 140 Å². The highest BCUT2D eigenvalue weighted by Crippen LogP contribution is 2.41. The Bertz CT molecular complexity index is 1840. The van der Waals surface area contributed by atoms with Gasteiger partial charge >= 0.3 is 6.16 Å². The predicted molar refractivity (Wildman–Crippen MR) is 229 cm³/mol. The molecule has 0 aromatic carbocycles. The number of allylic oxidation sites excluding steroid dienone is 20. The minimum atomic E-state index is -1.45. The SMILES string of the molecule is CC1=C(/C=C/C(C)=C/C=C/C(C)=C/C=C/C=C(C)/C=C/C=C(C)/C=C/C2=C(C)C(=O)C(OC(=O)OCC(O)C(C)C(O)C(O)CO)CC2(C)C)C(C)(C)CC(O)C1=O. The second kappa shape index (κ2) is 22.6. The van der Waals surface area contributed by atoms with E-state index in [4.69, 9.17) is 14.6 Å². The molecule has 0 saturated heterocycles. The third-order valence-corrected chi connectivity index (χ3v) is 10.6. The van der Waals surface area contributed by atoms with Crippen molar-refractivity contribution in [3.8, 4) is 0 Å². The van der Waals surface area contributed by atoms with Crippen molar-refractivity contribution in [2.75, 3.05) is 13.2 Å². The van der Waals surface area contributed by atoms with Gasteiger partial charge < -0.3 is 35.0 Å². The van der Waals surface area contributed by atoms with Crippen LogP contribution in [0.2, 0.25) is 0 Å². The van der Waals surface area contributed by atoms with E-state index in [9.17, 15) is 34.8 Å². The molecule has 0 aliphatic heterocycles. The molecule has 0 heterocycles. The highest BCUT2D eigenvalue weighted by molar-refractivity contribution is 6.01. The van der Waals surface area contributed by atoms with Crippen molar-refractivity contribution < 1.29 is 49.4 Å². The zero-order valence-electron chi connectivity index (χ0n) is 36.2. The van der Waals surface area contributed by atoms with E-state index in [1.54, 1.807) is 13.8 Å². The molecule has 10 nitrogen and oxygen atoms in total. The van der Waals surface area contributed by atoms with Crippen molar-refractivity contribution in [3.63, 3.8) is 0 Å². The average Bonchev–Trinajstić information content (AvgIpc) is 3.15. The standard InChI is InChI=1S/C48H66O10/c1-30(18-14-20-32(3)22-24-37-34(5)43(53)39(50)26-47(37,8)9)16-12-13-17-31(2)19-15-21-33(4)23-25-38-35(6)45(55)42(27-48(38,10)11)58-46(56)57-29-41(52)36(7)44(54)40(51)28-49/h12-25,36,39-42,44,49-52,54H,26-29H2,1-11H3/b13-12+,18-14+,19-15+,24-22+,25-23+,30-16+,31-17+,32-20+,33-21+. The Hall–Kier alpha value is -4.45. The van der Waals surface area contributed by atoms with Gasteiger partial charge in [0.1, 0.15) is 18.8 Å². The van der Waals surface area contributed by atoms with Crippen LogP contribution in [0.5, 0.6) is 0 Å². The van der Waals surface area contributed by atoms with E-state index in [0.29, 0.717) is 17.6 Å². The Morgan fingerprint density at radius 2 is 1.14 bits per heavy atom. The predicted octanol–water partition coefficient (Wildman–Crippen LogP) is 7.78. The molecule has 0 spiro atoms. The summed E-state index contributed by atoms with van der Waals surface area (Å²) in [5.74, 6) is -1.44. The quantitative estimate of drug-likeness (QED) is 0.0723. The fourth-order valence-electron chi connectivity index (χ4n) is 6.83. The molecular formula is C48H66O10. The molecule has 318 valence electrons. The van der Waals surface area contributed by atoms with Crippen LogP contribution in [0.1, 0.15) is 89.0 Å². The van der Waals surface area contributed by atoms with Gasteiger partial charge in [0.25, 0.3) is 0 Å². The smallest absolute Gasteiger partial charge is 0.432 e. The summed E-state index contributed by atoms with van der Waals surface area (Å²) in [4.78, 5) is 37.9. The average molecular weight is 803 g/mol. The molecule has 0 saturated carbocycles. The van der Waals surface area contributed by atoms with Crippen LogP contribution in [0.25, 0.3) is 0 Å². The van der Waals surface area contributed by atoms with Crippen LogP contribution < -0.4 is 0 Å². The summed E-state index contributed by atoms with van der Waals surface area (Å²) >= 11 is 0. The van der Waals surface area contributed by atoms with Gasteiger partial charge in [0, 0.05) is 12.3 Å². The Kier molecular flexibility index (Phi) is 19.4. The third kappa shape index (κ3) is 15.1. The maximum absolute atomic E-state index is 13.2. The Labute approximate surface area is 345 Å². The lowest BCUT2D eigenvalue weighted by atomic mass is 9.71. The lowest BCUT2D eigenvalue weighted by Gasteiger charge is -2.36. The van der Waals surface area contributed by atoms with Gasteiger partial charge in [-0.15, -0.1) is 0 Å². The lowest BCUT2D eigenvalue weighted by Crippen LogP contribution is -2.42. The number of aliphatic hydroxyl groups is 5. The fraction of sp³-hybridized carbons (Fsp3) is 0.479. The summed E-state index contributed by atoms with van der Waals surface area (Å²) < 4.78 is 10.3. The number of rotatable bonds is 17. The third-order valence-electron chi connectivity index (χ3n) is 10.6. The van der Waals surface area contributed by atoms with Crippen LogP contribution in [0.15, 0.2) is 130 Å². The second-order valence-corrected chi connectivity index (χ2v) is 16.7. The first-order valence-corrected chi connectivity index (χ1v) is 19.8. The molecule has 58 heavy (non-hydrogen) atoms. The van der Waals surface area contributed by atoms with Crippen LogP contribution in [0.4, 0.5) is 4.79 Å². The molecule has 0 bridgehead atoms. The summed E-state index contributed by atoms with van der Waals surface area (Å²) in [5, 5.41) is 48.9. The highest BCUT2D eigenvalue weighted by Gasteiger charge is 2.41. The van der Waals surface area contributed by atoms with E-state index in [-0.39, 0.29) is 23.4 Å². The van der Waals surface area contributed by atoms with E-state index in [2.05, 4.69) is 0 Å². The van der Waals surface area contributed by atoms with Gasteiger partial charge in [-0.2, -0.15) is 0 Å². The van der Waals surface area contributed by atoms with E-state index >= 15 is 0 Å². The fourth-order valence-corrected chi connectivity index (χ4v) is 6.83. The van der Waals surface area contributed by atoms with Crippen LogP contribution in [-0.2, 0) is 19.1 Å². The molecular weight excluding hydrogens is 737 g/mol. The van der Waals surface area contributed by atoms with Gasteiger partial charge in [0.05, 0.1) is 18.8 Å². The number of hydrogen-bond donors (Lipinski definition) is 5. The zero-order valence-corrected chi connectivity index (χ0v) is 36.2. The molecule has 2 aliphatic rings. The van der Waals surface area contributed by atoms with Crippen LogP contribution in [-0.4, -0.2) is 87.0 Å². The monoisotopic (exact) mass is 802 g/mol. The van der Waals surface area contributed by atoms with E-state index < -0.39 is 61.2 Å². The molecule has 0 radical (unpaired) electrons. The molecule has 2 rings (SSSR count). The normalized spacial score (nSPS) is 23.6. The Morgan fingerprint density at radius 3 is 1.62 bits per heavy atom. The molecule has 0 amide bonds. The Balaban J connectivity index is 1.95. The van der Waals surface area contributed by atoms with Crippen LogP contribution >= 0.6 is 0 Å². The van der Waals surface area contributed by atoms with Gasteiger partial charge in [0.2, 0.25) is 0 Å². The number of carbonyl (C=O) groups excluding carboxylic acids is 3. The summed E-state index contributed by atoms with van der Waals surface area (Å²) in [6, 6.07) is 0. The molecule has 5 N–H and O–H groups in total. The minimum absolute atomic E-state index is 0.195. The van der Waals surface area contributed by atoms with Crippen molar-refractivity contribution in [1.82, 2.24) is 0 Å². The summed E-state index contributed by atoms with van der Waals surface area (Å²) in [5.41, 5.74) is 6.27. The number of ketones is 2. The molecule has 0 fully saturated rings. The van der Waals surface area contributed by atoms with Gasteiger partial charge in [-0.05, 0) is 81.1 Å². The number of hydrogen-bond acceptors (Lipinski definition) is 10. The number of carbonyl (C=O) groups is 3. The summed E-state index contributed by atoms with van der Waals surface area (Å²) in [6.07, 6.45) is 21.1. The number of Topliss-reactive ketones (excluding diaryl/α,β-unsaturated/α-hetero) is 2. The molecule has 10 heteroatoms. The molecule has 6 unspecified atom stereocenters. The van der Waals surface area contributed by atoms with E-state index in [0.717, 1.165) is 33.4 Å².